The van der Waals surface area contributed by atoms with Crippen molar-refractivity contribution in [2.24, 2.45) is 0 Å². The Bertz CT molecular complexity index is 790. The third-order valence-electron chi connectivity index (χ3n) is 3.47. The third kappa shape index (κ3) is 2.31. The van der Waals surface area contributed by atoms with E-state index in [0.29, 0.717) is 23.1 Å². The molecule has 0 unspecified atom stereocenters. The zero-order valence-corrected chi connectivity index (χ0v) is 11.6. The van der Waals surface area contributed by atoms with Crippen LogP contribution in [0.1, 0.15) is 11.1 Å². The van der Waals surface area contributed by atoms with Crippen LogP contribution >= 0.6 is 0 Å². The standard InChI is InChI=1S/C18H13NO3/c20-11-14-15(17(21)13-9-5-2-6-10-13)18(22)19-16(14)12-7-3-1-4-8-12/h1-11,21H,(H,19,22)/b17-15+. The first-order chi connectivity index (χ1) is 10.7. The van der Waals surface area contributed by atoms with Crippen molar-refractivity contribution in [3.8, 4) is 0 Å². The molecule has 0 saturated heterocycles. The van der Waals surface area contributed by atoms with Gasteiger partial charge in [0.25, 0.3) is 5.91 Å². The lowest BCUT2D eigenvalue weighted by molar-refractivity contribution is -0.116. The van der Waals surface area contributed by atoms with Crippen LogP contribution in [0.25, 0.3) is 11.5 Å². The quantitative estimate of drug-likeness (QED) is 0.519. The Morgan fingerprint density at radius 3 is 2.14 bits per heavy atom. The van der Waals surface area contributed by atoms with E-state index in [0.717, 1.165) is 0 Å². The maximum absolute atomic E-state index is 12.2. The summed E-state index contributed by atoms with van der Waals surface area (Å²) < 4.78 is 0. The van der Waals surface area contributed by atoms with Crippen molar-refractivity contribution in [2.45, 2.75) is 0 Å². The highest BCUT2D eigenvalue weighted by Crippen LogP contribution is 2.31. The zero-order valence-electron chi connectivity index (χ0n) is 11.6. The van der Waals surface area contributed by atoms with Gasteiger partial charge >= 0.3 is 0 Å². The van der Waals surface area contributed by atoms with Crippen molar-refractivity contribution in [1.29, 1.82) is 0 Å². The highest BCUT2D eigenvalue weighted by molar-refractivity contribution is 6.20. The largest absolute Gasteiger partial charge is 0.506 e. The Morgan fingerprint density at radius 2 is 1.55 bits per heavy atom. The van der Waals surface area contributed by atoms with Crippen LogP contribution in [0.2, 0.25) is 0 Å². The maximum atomic E-state index is 12.2. The summed E-state index contributed by atoms with van der Waals surface area (Å²) in [6.07, 6.45) is 0.592. The highest BCUT2D eigenvalue weighted by Gasteiger charge is 2.31. The molecule has 2 N–H and O–H groups in total. The predicted molar refractivity (Wildman–Crippen MR) is 83.6 cm³/mol. The number of amides is 1. The van der Waals surface area contributed by atoms with Crippen LogP contribution in [0.3, 0.4) is 0 Å². The van der Waals surface area contributed by atoms with E-state index in [1.807, 2.05) is 24.3 Å². The van der Waals surface area contributed by atoms with Gasteiger partial charge in [-0.05, 0) is 5.56 Å². The van der Waals surface area contributed by atoms with Crippen LogP contribution in [-0.2, 0) is 9.59 Å². The van der Waals surface area contributed by atoms with E-state index in [-0.39, 0.29) is 16.9 Å². The van der Waals surface area contributed by atoms with Crippen LogP contribution in [-0.4, -0.2) is 17.3 Å². The summed E-state index contributed by atoms with van der Waals surface area (Å²) in [6.45, 7) is 0. The minimum atomic E-state index is -0.484. The van der Waals surface area contributed by atoms with E-state index in [2.05, 4.69) is 5.32 Å². The average Bonchev–Trinajstić information content (AvgIpc) is 2.92. The lowest BCUT2D eigenvalue weighted by Crippen LogP contribution is -2.16. The van der Waals surface area contributed by atoms with Crippen LogP contribution in [0, 0.1) is 0 Å². The third-order valence-corrected chi connectivity index (χ3v) is 3.47. The van der Waals surface area contributed by atoms with Crippen molar-refractivity contribution >= 4 is 23.6 Å². The van der Waals surface area contributed by atoms with E-state index in [1.54, 1.807) is 36.4 Å². The molecule has 0 bridgehead atoms. The number of aldehydes is 1. The number of aliphatic hydroxyl groups excluding tert-OH is 1. The highest BCUT2D eigenvalue weighted by atomic mass is 16.3. The Morgan fingerprint density at radius 1 is 0.955 bits per heavy atom. The molecule has 4 heteroatoms. The molecule has 0 fully saturated rings. The molecule has 0 aliphatic carbocycles. The SMILES string of the molecule is O=CC1=C(c2ccccc2)NC(=O)/C1=C(/O)c1ccccc1. The molecule has 1 aliphatic heterocycles. The number of nitrogens with one attached hydrogen (secondary N) is 1. The van der Waals surface area contributed by atoms with E-state index >= 15 is 0 Å². The van der Waals surface area contributed by atoms with Gasteiger partial charge in [0, 0.05) is 5.56 Å². The molecule has 0 atom stereocenters. The number of benzene rings is 2. The molecule has 0 aromatic heterocycles. The normalized spacial score (nSPS) is 16.5. The molecular weight excluding hydrogens is 278 g/mol. The minimum Gasteiger partial charge on any atom is -0.506 e. The first-order valence-electron chi connectivity index (χ1n) is 6.77. The van der Waals surface area contributed by atoms with E-state index < -0.39 is 5.91 Å². The van der Waals surface area contributed by atoms with Crippen molar-refractivity contribution in [2.75, 3.05) is 0 Å². The zero-order chi connectivity index (χ0) is 15.5. The van der Waals surface area contributed by atoms with Crippen LogP contribution in [0.4, 0.5) is 0 Å². The molecule has 2 aromatic carbocycles. The van der Waals surface area contributed by atoms with Crippen molar-refractivity contribution in [1.82, 2.24) is 5.32 Å². The van der Waals surface area contributed by atoms with E-state index in [9.17, 15) is 14.7 Å². The van der Waals surface area contributed by atoms with Gasteiger partial charge in [-0.15, -0.1) is 0 Å². The van der Waals surface area contributed by atoms with Gasteiger partial charge in [-0.1, -0.05) is 60.7 Å². The van der Waals surface area contributed by atoms with E-state index in [1.165, 1.54) is 0 Å². The van der Waals surface area contributed by atoms with Gasteiger partial charge in [0.2, 0.25) is 0 Å². The fraction of sp³-hybridized carbons (Fsp3) is 0. The molecule has 0 saturated carbocycles. The second-order valence-electron chi connectivity index (χ2n) is 4.82. The molecule has 1 amide bonds. The summed E-state index contributed by atoms with van der Waals surface area (Å²) in [6, 6.07) is 17.7. The topological polar surface area (TPSA) is 66.4 Å². The molecule has 3 rings (SSSR count). The molecule has 4 nitrogen and oxygen atoms in total. The van der Waals surface area contributed by atoms with Crippen LogP contribution in [0.5, 0.6) is 0 Å². The van der Waals surface area contributed by atoms with Gasteiger partial charge in [0.05, 0.1) is 16.8 Å². The number of carbonyl (C=O) groups is 2. The summed E-state index contributed by atoms with van der Waals surface area (Å²) in [5.74, 6) is -0.687. The average molecular weight is 291 g/mol. The summed E-state index contributed by atoms with van der Waals surface area (Å²) in [5.41, 5.74) is 1.78. The molecular formula is C18H13NO3. The molecule has 0 radical (unpaired) electrons. The van der Waals surface area contributed by atoms with Gasteiger partial charge < -0.3 is 10.4 Å². The van der Waals surface area contributed by atoms with Crippen molar-refractivity contribution in [3.63, 3.8) is 0 Å². The Kier molecular flexibility index (Phi) is 3.58. The molecule has 2 aromatic rings. The maximum Gasteiger partial charge on any atom is 0.260 e. The lowest BCUT2D eigenvalue weighted by Gasteiger charge is -2.04. The molecule has 0 spiro atoms. The van der Waals surface area contributed by atoms with Gasteiger partial charge in [-0.2, -0.15) is 0 Å². The van der Waals surface area contributed by atoms with Gasteiger partial charge in [0.1, 0.15) is 5.76 Å². The summed E-state index contributed by atoms with van der Waals surface area (Å²) >= 11 is 0. The van der Waals surface area contributed by atoms with Crippen LogP contribution in [0.15, 0.2) is 71.8 Å². The molecule has 108 valence electrons. The van der Waals surface area contributed by atoms with Gasteiger partial charge in [0.15, 0.2) is 6.29 Å². The van der Waals surface area contributed by atoms with Crippen molar-refractivity contribution in [3.05, 3.63) is 82.9 Å². The second kappa shape index (κ2) is 5.69. The Hall–Kier alpha value is -3.14. The number of aliphatic hydroxyl groups is 1. The fourth-order valence-corrected chi connectivity index (χ4v) is 2.42. The van der Waals surface area contributed by atoms with Gasteiger partial charge in [-0.3, -0.25) is 9.59 Å². The number of hydrogen-bond donors (Lipinski definition) is 2. The molecule has 22 heavy (non-hydrogen) atoms. The second-order valence-corrected chi connectivity index (χ2v) is 4.82. The van der Waals surface area contributed by atoms with Crippen LogP contribution < -0.4 is 5.32 Å². The smallest absolute Gasteiger partial charge is 0.260 e. The summed E-state index contributed by atoms with van der Waals surface area (Å²) in [7, 11) is 0. The Balaban J connectivity index is 2.18. The predicted octanol–water partition coefficient (Wildman–Crippen LogP) is 2.70. The first-order valence-corrected chi connectivity index (χ1v) is 6.77. The lowest BCUT2D eigenvalue weighted by atomic mass is 10.0. The minimum absolute atomic E-state index is 0.0000491. The first kappa shape index (κ1) is 13.8. The molecule has 1 aliphatic rings. The fourth-order valence-electron chi connectivity index (χ4n) is 2.42. The number of rotatable bonds is 3. The number of hydrogen-bond acceptors (Lipinski definition) is 3. The molecule has 1 heterocycles. The van der Waals surface area contributed by atoms with Gasteiger partial charge in [-0.25, -0.2) is 0 Å². The van der Waals surface area contributed by atoms with E-state index in [4.69, 9.17) is 0 Å². The Labute approximate surface area is 127 Å². The summed E-state index contributed by atoms with van der Waals surface area (Å²) in [5, 5.41) is 13.0. The monoisotopic (exact) mass is 291 g/mol. The summed E-state index contributed by atoms with van der Waals surface area (Å²) in [4.78, 5) is 23.7. The number of carbonyl (C=O) groups excluding carboxylic acids is 2. The van der Waals surface area contributed by atoms with Crippen molar-refractivity contribution < 1.29 is 14.7 Å².